The predicted molar refractivity (Wildman–Crippen MR) is 174 cm³/mol. The van der Waals surface area contributed by atoms with Gasteiger partial charge < -0.3 is 115 Å². The van der Waals surface area contributed by atoms with Crippen molar-refractivity contribution in [3.63, 3.8) is 0 Å². The molecule has 2 amide bonds. The lowest BCUT2D eigenvalue weighted by molar-refractivity contribution is -0.381. The van der Waals surface area contributed by atoms with E-state index in [4.69, 9.17) is 33.2 Å². The molecule has 26 heteroatoms. The molecule has 0 aromatic heterocycles. The summed E-state index contributed by atoms with van der Waals surface area (Å²) in [6.45, 7) is -1.89. The van der Waals surface area contributed by atoms with Gasteiger partial charge in [0.15, 0.2) is 18.9 Å². The molecule has 4 aliphatic heterocycles. The highest BCUT2D eigenvalue weighted by atomic mass is 16.8. The van der Waals surface area contributed by atoms with Crippen LogP contribution >= 0.6 is 0 Å². The molecule has 4 saturated heterocycles. The third-order valence-corrected chi connectivity index (χ3v) is 10.0. The van der Waals surface area contributed by atoms with Crippen molar-refractivity contribution in [3.05, 3.63) is 0 Å². The molecule has 57 heavy (non-hydrogen) atoms. The first-order valence-electron chi connectivity index (χ1n) is 17.7. The molecule has 4 fully saturated rings. The zero-order chi connectivity index (χ0) is 42.7. The number of aliphatic hydroxyl groups is 13. The van der Waals surface area contributed by atoms with Crippen molar-refractivity contribution in [2.45, 2.75) is 149 Å². The summed E-state index contributed by atoms with van der Waals surface area (Å²) in [5, 5.41) is 150. The van der Waals surface area contributed by atoms with E-state index in [1.165, 1.54) is 6.92 Å². The minimum Gasteiger partial charge on any atom is -0.477 e. The van der Waals surface area contributed by atoms with Gasteiger partial charge in [0.25, 0.3) is 5.79 Å². The molecule has 1 unspecified atom stereocenters. The normalized spacial score (nSPS) is 45.1. The molecule has 0 aliphatic carbocycles. The predicted octanol–water partition coefficient (Wildman–Crippen LogP) is -10.3. The number of hydrogen-bond acceptors (Lipinski definition) is 23. The Bertz CT molecular complexity index is 1350. The molecule has 0 aromatic carbocycles. The Morgan fingerprint density at radius 2 is 1.42 bits per heavy atom. The SMILES string of the molecule is CC(=O)N[C@H]1C(O)O[C@H](CO[C@]2(C(=O)O)C[C@H](O)[C@@H](NC(=O)CO)[C@H]([C@H](O)[C@H](O)CO)O2)[C@@H](O)[C@@H]1O[C@@H]1O[C@H](CO)[C@H](O)[C@H](O)[C@H]1O[C@@H]1O[C@@H](C)[C@@H](O)[C@@H](O)[C@@H]1O. The van der Waals surface area contributed by atoms with Gasteiger partial charge in [-0.2, -0.15) is 0 Å². The zero-order valence-electron chi connectivity index (χ0n) is 30.4. The second kappa shape index (κ2) is 19.8. The van der Waals surface area contributed by atoms with Crippen LogP contribution in [0.15, 0.2) is 0 Å². The van der Waals surface area contributed by atoms with Crippen LogP contribution in [0.1, 0.15) is 20.3 Å². The number of nitrogens with one attached hydrogen (secondary N) is 2. The lowest BCUT2D eigenvalue weighted by Crippen LogP contribution is -2.70. The van der Waals surface area contributed by atoms with Gasteiger partial charge in [-0.15, -0.1) is 0 Å². The fraction of sp³-hybridized carbons (Fsp3) is 0.903. The van der Waals surface area contributed by atoms with Crippen LogP contribution in [-0.4, -0.2) is 244 Å². The van der Waals surface area contributed by atoms with Crippen LogP contribution in [0.2, 0.25) is 0 Å². The number of carboxylic acids is 1. The molecule has 4 aliphatic rings. The van der Waals surface area contributed by atoms with Crippen LogP contribution in [0.4, 0.5) is 0 Å². The quantitative estimate of drug-likeness (QED) is 0.0728. The maximum atomic E-state index is 12.7. The van der Waals surface area contributed by atoms with E-state index in [9.17, 15) is 85.9 Å². The Hall–Kier alpha value is -2.39. The van der Waals surface area contributed by atoms with Gasteiger partial charge in [0, 0.05) is 13.3 Å². The van der Waals surface area contributed by atoms with E-state index in [-0.39, 0.29) is 0 Å². The third-order valence-electron chi connectivity index (χ3n) is 10.0. The van der Waals surface area contributed by atoms with Gasteiger partial charge in [-0.3, -0.25) is 9.59 Å². The third kappa shape index (κ3) is 10.3. The summed E-state index contributed by atoms with van der Waals surface area (Å²) in [6.07, 6.45) is -34.9. The number of ether oxygens (including phenoxy) is 7. The average molecular weight is 837 g/mol. The molecule has 0 bridgehead atoms. The van der Waals surface area contributed by atoms with Crippen LogP contribution in [0, 0.1) is 0 Å². The summed E-state index contributed by atoms with van der Waals surface area (Å²) in [6, 6.07) is -3.40. The maximum absolute atomic E-state index is 12.7. The fourth-order valence-electron chi connectivity index (χ4n) is 6.86. The van der Waals surface area contributed by atoms with Crippen molar-refractivity contribution < 1.29 is 119 Å². The minimum absolute atomic E-state index is 0.814. The van der Waals surface area contributed by atoms with Crippen molar-refractivity contribution in [2.24, 2.45) is 0 Å². The van der Waals surface area contributed by atoms with Gasteiger partial charge in [-0.1, -0.05) is 0 Å². The molecule has 4 heterocycles. The van der Waals surface area contributed by atoms with Crippen molar-refractivity contribution in [2.75, 3.05) is 26.4 Å². The van der Waals surface area contributed by atoms with Crippen LogP contribution < -0.4 is 10.6 Å². The van der Waals surface area contributed by atoms with Crippen LogP contribution in [0.25, 0.3) is 0 Å². The average Bonchev–Trinajstić information content (AvgIpc) is 3.17. The summed E-state index contributed by atoms with van der Waals surface area (Å²) >= 11 is 0. The lowest BCUT2D eigenvalue weighted by Gasteiger charge is -2.49. The second-order valence-electron chi connectivity index (χ2n) is 14.1. The van der Waals surface area contributed by atoms with Crippen molar-refractivity contribution in [1.82, 2.24) is 10.6 Å². The van der Waals surface area contributed by atoms with Crippen LogP contribution in [0.5, 0.6) is 0 Å². The smallest absolute Gasteiger partial charge is 0.364 e. The van der Waals surface area contributed by atoms with Gasteiger partial charge in [0.2, 0.25) is 11.8 Å². The first-order valence-corrected chi connectivity index (χ1v) is 17.7. The Kier molecular flexibility index (Phi) is 16.4. The molecular weight excluding hydrogens is 784 g/mol. The first kappa shape index (κ1) is 47.3. The topological polar surface area (TPSA) is 423 Å². The summed E-state index contributed by atoms with van der Waals surface area (Å²) in [5.74, 6) is -6.86. The Morgan fingerprint density at radius 3 is 2.00 bits per heavy atom. The van der Waals surface area contributed by atoms with Crippen molar-refractivity contribution in [3.8, 4) is 0 Å². The zero-order valence-corrected chi connectivity index (χ0v) is 30.4. The lowest BCUT2D eigenvalue weighted by atomic mass is 9.88. The van der Waals surface area contributed by atoms with E-state index in [1.807, 2.05) is 0 Å². The largest absolute Gasteiger partial charge is 0.477 e. The standard InChI is InChI=1S/C31H52N2O24/c1-8-17(41)21(45)23(47)28(52-8)56-26-22(46)19(43)12(5-35)54-29(26)55-24-16(32-9(2)37)27(48)53-13(20(24)44)7-51-31(30(49)50)3-10(38)15(33-14(40)6-36)25(57-31)18(42)11(39)4-34/h8,10-13,15-29,34-36,38-39,41-48H,3-7H2,1-2H3,(H,32,37)(H,33,40)(H,49,50)/t8-,10-,11+,12+,13+,15+,16+,17+,18+,19-,20+,21+,22-,23-,24+,25+,26+,27?,28-,29-,31+/m0/s1. The summed E-state index contributed by atoms with van der Waals surface area (Å²) < 4.78 is 39.1. The highest BCUT2D eigenvalue weighted by molar-refractivity contribution is 5.78. The van der Waals surface area contributed by atoms with E-state index in [2.05, 4.69) is 10.6 Å². The molecule has 0 saturated carbocycles. The second-order valence-corrected chi connectivity index (χ2v) is 14.1. The number of hydrogen-bond donors (Lipinski definition) is 16. The van der Waals surface area contributed by atoms with Crippen LogP contribution in [0.3, 0.4) is 0 Å². The molecule has 330 valence electrons. The van der Waals surface area contributed by atoms with Gasteiger partial charge in [-0.25, -0.2) is 4.79 Å². The summed E-state index contributed by atoms with van der Waals surface area (Å²) in [4.78, 5) is 36.8. The number of carbonyl (C=O) groups excluding carboxylic acids is 2. The highest BCUT2D eigenvalue weighted by Gasteiger charge is 2.58. The number of aliphatic hydroxyl groups excluding tert-OH is 13. The number of amides is 2. The van der Waals surface area contributed by atoms with Crippen molar-refractivity contribution in [1.29, 1.82) is 0 Å². The molecular formula is C31H52N2O24. The van der Waals surface area contributed by atoms with E-state index < -0.39 is 179 Å². The van der Waals surface area contributed by atoms with Gasteiger partial charge in [0.1, 0.15) is 92.0 Å². The van der Waals surface area contributed by atoms with Gasteiger partial charge in [0.05, 0.1) is 38.1 Å². The van der Waals surface area contributed by atoms with E-state index >= 15 is 0 Å². The molecule has 16 N–H and O–H groups in total. The van der Waals surface area contributed by atoms with E-state index in [0.29, 0.717) is 0 Å². The van der Waals surface area contributed by atoms with Crippen LogP contribution in [-0.2, 0) is 47.5 Å². The fourth-order valence-corrected chi connectivity index (χ4v) is 6.86. The monoisotopic (exact) mass is 836 g/mol. The Balaban J connectivity index is 1.63. The first-order chi connectivity index (χ1) is 26.7. The Morgan fingerprint density at radius 1 is 0.772 bits per heavy atom. The highest BCUT2D eigenvalue weighted by Crippen LogP contribution is 2.36. The summed E-state index contributed by atoms with van der Waals surface area (Å²) in [5.41, 5.74) is 0. The number of rotatable bonds is 15. The molecule has 0 spiro atoms. The molecule has 26 nitrogen and oxygen atoms in total. The molecule has 0 aromatic rings. The maximum Gasteiger partial charge on any atom is 0.364 e. The van der Waals surface area contributed by atoms with E-state index in [1.54, 1.807) is 0 Å². The van der Waals surface area contributed by atoms with Crippen molar-refractivity contribution >= 4 is 17.8 Å². The minimum atomic E-state index is -2.98. The number of carbonyl (C=O) groups is 3. The number of aliphatic carboxylic acids is 1. The van der Waals surface area contributed by atoms with Gasteiger partial charge in [-0.05, 0) is 6.92 Å². The Labute approximate surface area is 322 Å². The summed E-state index contributed by atoms with van der Waals surface area (Å²) in [7, 11) is 0. The molecule has 21 atom stereocenters. The molecule has 0 radical (unpaired) electrons. The number of carboxylic acid groups (broad SMARTS) is 1. The van der Waals surface area contributed by atoms with E-state index in [0.717, 1.165) is 6.92 Å². The molecule has 4 rings (SSSR count). The van der Waals surface area contributed by atoms with Gasteiger partial charge >= 0.3 is 5.97 Å².